The highest BCUT2D eigenvalue weighted by molar-refractivity contribution is 5.35. The Hall–Kier alpha value is -1.66. The van der Waals surface area contributed by atoms with E-state index in [1.165, 1.54) is 0 Å². The molecule has 70 valence electrons. The Kier molecular flexibility index (Phi) is 2.45. The molecule has 13 heavy (non-hydrogen) atoms. The SMILES string of the molecule is O=[N+]([O-])c1cc(F)cnc1C(F)F. The van der Waals surface area contributed by atoms with E-state index in [2.05, 4.69) is 4.98 Å². The number of hydrogen-bond acceptors (Lipinski definition) is 3. The number of nitro groups is 1. The average Bonchev–Trinajstić information content (AvgIpc) is 2.03. The number of rotatable bonds is 2. The summed E-state index contributed by atoms with van der Waals surface area (Å²) in [4.78, 5) is 12.0. The van der Waals surface area contributed by atoms with Crippen molar-refractivity contribution in [1.82, 2.24) is 4.98 Å². The van der Waals surface area contributed by atoms with E-state index in [0.29, 0.717) is 12.3 Å². The summed E-state index contributed by atoms with van der Waals surface area (Å²) in [5.41, 5.74) is -2.03. The van der Waals surface area contributed by atoms with Gasteiger partial charge in [-0.1, -0.05) is 0 Å². The molecule has 0 saturated heterocycles. The standard InChI is InChI=1S/C6H3F3N2O2/c7-3-1-4(11(12)13)5(6(8)9)10-2-3/h1-2,6H. The van der Waals surface area contributed by atoms with Crippen LogP contribution in [0.2, 0.25) is 0 Å². The zero-order valence-corrected chi connectivity index (χ0v) is 6.08. The van der Waals surface area contributed by atoms with Crippen LogP contribution in [0.15, 0.2) is 12.3 Å². The minimum Gasteiger partial charge on any atom is -0.258 e. The maximum absolute atomic E-state index is 12.4. The summed E-state index contributed by atoms with van der Waals surface area (Å²) >= 11 is 0. The fraction of sp³-hybridized carbons (Fsp3) is 0.167. The Morgan fingerprint density at radius 1 is 1.54 bits per heavy atom. The van der Waals surface area contributed by atoms with Gasteiger partial charge in [0.1, 0.15) is 5.82 Å². The summed E-state index contributed by atoms with van der Waals surface area (Å²) in [5.74, 6) is -1.02. The van der Waals surface area contributed by atoms with E-state index >= 15 is 0 Å². The maximum atomic E-state index is 12.4. The van der Waals surface area contributed by atoms with Gasteiger partial charge in [0.05, 0.1) is 17.2 Å². The molecule has 4 nitrogen and oxygen atoms in total. The number of hydrogen-bond donors (Lipinski definition) is 0. The van der Waals surface area contributed by atoms with Crippen molar-refractivity contribution in [3.8, 4) is 0 Å². The minimum absolute atomic E-state index is 0.411. The van der Waals surface area contributed by atoms with Crippen molar-refractivity contribution in [3.05, 3.63) is 33.9 Å². The molecule has 0 aliphatic rings. The molecule has 0 aliphatic carbocycles. The highest BCUT2D eigenvalue weighted by atomic mass is 19.3. The van der Waals surface area contributed by atoms with Crippen LogP contribution in [0.5, 0.6) is 0 Å². The third-order valence-electron chi connectivity index (χ3n) is 1.27. The number of alkyl halides is 2. The first kappa shape index (κ1) is 9.43. The lowest BCUT2D eigenvalue weighted by atomic mass is 10.3. The van der Waals surface area contributed by atoms with Crippen LogP contribution in [0, 0.1) is 15.9 Å². The van der Waals surface area contributed by atoms with Crippen LogP contribution in [0.1, 0.15) is 12.1 Å². The molecule has 1 aromatic rings. The van der Waals surface area contributed by atoms with Crippen LogP contribution in [0.25, 0.3) is 0 Å². The molecule has 0 spiro atoms. The summed E-state index contributed by atoms with van der Waals surface area (Å²) in [5, 5.41) is 10.1. The van der Waals surface area contributed by atoms with Crippen LogP contribution in [0.4, 0.5) is 18.9 Å². The van der Waals surface area contributed by atoms with E-state index < -0.39 is 28.5 Å². The smallest absolute Gasteiger partial charge is 0.258 e. The van der Waals surface area contributed by atoms with Gasteiger partial charge in [-0.2, -0.15) is 0 Å². The van der Waals surface area contributed by atoms with Crippen LogP contribution < -0.4 is 0 Å². The first-order valence-electron chi connectivity index (χ1n) is 3.10. The third-order valence-corrected chi connectivity index (χ3v) is 1.27. The molecule has 0 aliphatic heterocycles. The predicted molar refractivity (Wildman–Crippen MR) is 35.8 cm³/mol. The predicted octanol–water partition coefficient (Wildman–Crippen LogP) is 2.07. The van der Waals surface area contributed by atoms with Crippen molar-refractivity contribution in [2.75, 3.05) is 0 Å². The number of halogens is 3. The number of nitrogens with zero attached hydrogens (tertiary/aromatic N) is 2. The average molecular weight is 192 g/mol. The molecule has 0 amide bonds. The molecule has 0 unspecified atom stereocenters. The van der Waals surface area contributed by atoms with Crippen molar-refractivity contribution < 1.29 is 18.1 Å². The lowest BCUT2D eigenvalue weighted by Crippen LogP contribution is -1.99. The molecule has 0 bridgehead atoms. The molecule has 1 aromatic heterocycles. The van der Waals surface area contributed by atoms with Gasteiger partial charge in [-0.3, -0.25) is 10.1 Å². The van der Waals surface area contributed by atoms with Crippen LogP contribution in [-0.4, -0.2) is 9.91 Å². The quantitative estimate of drug-likeness (QED) is 0.532. The van der Waals surface area contributed by atoms with Crippen molar-refractivity contribution in [1.29, 1.82) is 0 Å². The lowest BCUT2D eigenvalue weighted by Gasteiger charge is -1.99. The highest BCUT2D eigenvalue weighted by Crippen LogP contribution is 2.26. The molecule has 0 saturated carbocycles. The van der Waals surface area contributed by atoms with Gasteiger partial charge < -0.3 is 0 Å². The summed E-state index contributed by atoms with van der Waals surface area (Å²) in [7, 11) is 0. The van der Waals surface area contributed by atoms with Gasteiger partial charge in [-0.25, -0.2) is 18.2 Å². The Bertz CT molecular complexity index is 343. The summed E-state index contributed by atoms with van der Waals surface area (Å²) in [6.07, 6.45) is -2.57. The van der Waals surface area contributed by atoms with Crippen molar-refractivity contribution >= 4 is 5.69 Å². The Balaban J connectivity index is 3.27. The fourth-order valence-corrected chi connectivity index (χ4v) is 0.754. The fourth-order valence-electron chi connectivity index (χ4n) is 0.754. The second-order valence-corrected chi connectivity index (χ2v) is 2.12. The summed E-state index contributed by atoms with van der Waals surface area (Å²) in [6.45, 7) is 0. The minimum atomic E-state index is -3.08. The largest absolute Gasteiger partial charge is 0.299 e. The first-order valence-corrected chi connectivity index (χ1v) is 3.10. The van der Waals surface area contributed by atoms with E-state index in [9.17, 15) is 23.3 Å². The topological polar surface area (TPSA) is 56.0 Å². The second-order valence-electron chi connectivity index (χ2n) is 2.12. The summed E-state index contributed by atoms with van der Waals surface area (Å²) in [6, 6.07) is 0.411. The first-order chi connectivity index (χ1) is 6.02. The van der Waals surface area contributed by atoms with Crippen molar-refractivity contribution in [3.63, 3.8) is 0 Å². The normalized spacial score (nSPS) is 10.5. The number of pyridine rings is 1. The molecule has 1 heterocycles. The Morgan fingerprint density at radius 2 is 2.15 bits per heavy atom. The zero-order valence-electron chi connectivity index (χ0n) is 6.08. The van der Waals surface area contributed by atoms with Gasteiger partial charge in [-0.05, 0) is 0 Å². The second kappa shape index (κ2) is 3.38. The molecule has 0 aromatic carbocycles. The monoisotopic (exact) mass is 192 g/mol. The zero-order chi connectivity index (χ0) is 10.0. The third kappa shape index (κ3) is 1.92. The van der Waals surface area contributed by atoms with Gasteiger partial charge in [0.15, 0.2) is 5.69 Å². The van der Waals surface area contributed by atoms with Crippen LogP contribution in [0.3, 0.4) is 0 Å². The van der Waals surface area contributed by atoms with E-state index in [1.54, 1.807) is 0 Å². The highest BCUT2D eigenvalue weighted by Gasteiger charge is 2.23. The number of aromatic nitrogens is 1. The molecular weight excluding hydrogens is 189 g/mol. The Morgan fingerprint density at radius 3 is 2.62 bits per heavy atom. The van der Waals surface area contributed by atoms with Crippen molar-refractivity contribution in [2.24, 2.45) is 0 Å². The molecule has 0 fully saturated rings. The van der Waals surface area contributed by atoms with Crippen molar-refractivity contribution in [2.45, 2.75) is 6.43 Å². The lowest BCUT2D eigenvalue weighted by molar-refractivity contribution is -0.386. The van der Waals surface area contributed by atoms with E-state index in [4.69, 9.17) is 0 Å². The Labute approximate surface area is 70.2 Å². The molecule has 0 N–H and O–H groups in total. The summed E-state index contributed by atoms with van der Waals surface area (Å²) < 4.78 is 36.4. The van der Waals surface area contributed by atoms with Gasteiger partial charge in [-0.15, -0.1) is 0 Å². The molecule has 7 heteroatoms. The molecular formula is C6H3F3N2O2. The van der Waals surface area contributed by atoms with Gasteiger partial charge in [0.25, 0.3) is 12.1 Å². The molecule has 0 atom stereocenters. The van der Waals surface area contributed by atoms with Crippen LogP contribution in [-0.2, 0) is 0 Å². The molecule has 0 radical (unpaired) electrons. The van der Waals surface area contributed by atoms with E-state index in [-0.39, 0.29) is 0 Å². The van der Waals surface area contributed by atoms with Crippen LogP contribution >= 0.6 is 0 Å². The van der Waals surface area contributed by atoms with E-state index in [0.717, 1.165) is 0 Å². The maximum Gasteiger partial charge on any atom is 0.299 e. The van der Waals surface area contributed by atoms with Gasteiger partial charge in [0.2, 0.25) is 0 Å². The molecule has 1 rings (SSSR count). The van der Waals surface area contributed by atoms with E-state index in [1.807, 2.05) is 0 Å². The van der Waals surface area contributed by atoms with Gasteiger partial charge in [0, 0.05) is 0 Å². The van der Waals surface area contributed by atoms with Gasteiger partial charge >= 0.3 is 0 Å².